The number of aromatic nitrogens is 2. The van der Waals surface area contributed by atoms with E-state index >= 15 is 0 Å². The fraction of sp³-hybridized carbons (Fsp3) is 0.278. The minimum absolute atomic E-state index is 0.105. The number of nitrogens with zero attached hydrogens (tertiary/aromatic N) is 5. The summed E-state index contributed by atoms with van der Waals surface area (Å²) < 4.78 is 1.51. The van der Waals surface area contributed by atoms with E-state index in [2.05, 4.69) is 9.88 Å². The molecule has 0 unspecified atom stereocenters. The molecule has 1 aromatic carbocycles. The van der Waals surface area contributed by atoms with Crippen LogP contribution in [0.4, 0.5) is 5.69 Å². The molecule has 3 aromatic rings. The Bertz CT molecular complexity index is 1100. The third-order valence-corrected chi connectivity index (χ3v) is 5.49. The highest BCUT2D eigenvalue weighted by Crippen LogP contribution is 2.20. The Morgan fingerprint density at radius 1 is 1.21 bits per heavy atom. The number of carbonyl (C=O) groups excluding carboxylic acids is 1. The Balaban J connectivity index is 1.42. The van der Waals surface area contributed by atoms with E-state index in [1.54, 1.807) is 23.2 Å². The lowest BCUT2D eigenvalue weighted by atomic mass is 10.1. The van der Waals surface area contributed by atoms with Crippen LogP contribution >= 0.6 is 11.3 Å². The van der Waals surface area contributed by atoms with Gasteiger partial charge in [-0.3, -0.25) is 29.0 Å². The van der Waals surface area contributed by atoms with Crippen LogP contribution in [0.15, 0.2) is 46.7 Å². The zero-order valence-corrected chi connectivity index (χ0v) is 15.7. The van der Waals surface area contributed by atoms with Crippen LogP contribution in [-0.4, -0.2) is 56.2 Å². The van der Waals surface area contributed by atoms with Gasteiger partial charge in [-0.05, 0) is 6.07 Å². The lowest BCUT2D eigenvalue weighted by Crippen LogP contribution is -2.48. The number of piperazine rings is 1. The zero-order chi connectivity index (χ0) is 19.7. The second kappa shape index (κ2) is 7.49. The van der Waals surface area contributed by atoms with Crippen molar-refractivity contribution >= 4 is 27.9 Å². The van der Waals surface area contributed by atoms with Crippen LogP contribution in [0.25, 0.3) is 4.96 Å². The van der Waals surface area contributed by atoms with E-state index in [4.69, 9.17) is 0 Å². The molecular formula is C18H17N5O4S. The van der Waals surface area contributed by atoms with Gasteiger partial charge < -0.3 is 4.90 Å². The number of hydrogen-bond acceptors (Lipinski definition) is 7. The van der Waals surface area contributed by atoms with Gasteiger partial charge in [0.15, 0.2) is 4.96 Å². The van der Waals surface area contributed by atoms with Crippen molar-refractivity contribution in [2.75, 3.05) is 26.2 Å². The molecule has 0 radical (unpaired) electrons. The molecule has 1 fully saturated rings. The molecule has 0 bridgehead atoms. The molecule has 2 aromatic heterocycles. The maximum Gasteiger partial charge on any atom is 0.282 e. The number of rotatable bonds is 4. The largest absolute Gasteiger partial charge is 0.336 e. The summed E-state index contributed by atoms with van der Waals surface area (Å²) in [6.07, 6.45) is 1.70. The van der Waals surface area contributed by atoms with Gasteiger partial charge in [0.25, 0.3) is 17.2 Å². The highest BCUT2D eigenvalue weighted by atomic mass is 32.1. The minimum atomic E-state index is -0.533. The van der Waals surface area contributed by atoms with Gasteiger partial charge in [-0.1, -0.05) is 12.1 Å². The first-order chi connectivity index (χ1) is 13.5. The third kappa shape index (κ3) is 3.51. The van der Waals surface area contributed by atoms with E-state index in [-0.39, 0.29) is 22.7 Å². The van der Waals surface area contributed by atoms with Gasteiger partial charge in [-0.25, -0.2) is 4.98 Å². The number of nitro groups is 1. The summed E-state index contributed by atoms with van der Waals surface area (Å²) in [5.41, 5.74) is 0.528. The van der Waals surface area contributed by atoms with E-state index in [0.29, 0.717) is 43.4 Å². The number of amides is 1. The first-order valence-electron chi connectivity index (χ1n) is 8.74. The van der Waals surface area contributed by atoms with Crippen LogP contribution in [0.5, 0.6) is 0 Å². The van der Waals surface area contributed by atoms with Crippen molar-refractivity contribution in [1.82, 2.24) is 19.2 Å². The van der Waals surface area contributed by atoms with E-state index < -0.39 is 4.92 Å². The normalized spacial score (nSPS) is 15.1. The summed E-state index contributed by atoms with van der Waals surface area (Å²) in [5, 5.41) is 13.0. The maximum absolute atomic E-state index is 12.7. The van der Waals surface area contributed by atoms with Crippen LogP contribution in [0.1, 0.15) is 16.1 Å². The summed E-state index contributed by atoms with van der Waals surface area (Å²) in [4.78, 5) is 44.3. The smallest absolute Gasteiger partial charge is 0.282 e. The summed E-state index contributed by atoms with van der Waals surface area (Å²) >= 11 is 1.41. The number of thiazole rings is 1. The molecule has 1 aliphatic rings. The summed E-state index contributed by atoms with van der Waals surface area (Å²) in [6.45, 7) is 2.67. The molecule has 4 rings (SSSR count). The second-order valence-electron chi connectivity index (χ2n) is 6.48. The number of carbonyl (C=O) groups is 1. The van der Waals surface area contributed by atoms with Gasteiger partial charge in [0.2, 0.25) is 0 Å². The summed E-state index contributed by atoms with van der Waals surface area (Å²) in [7, 11) is 0. The Hall–Kier alpha value is -3.11. The van der Waals surface area contributed by atoms with Gasteiger partial charge in [0, 0.05) is 56.4 Å². The van der Waals surface area contributed by atoms with E-state index in [1.165, 1.54) is 33.9 Å². The fourth-order valence-corrected chi connectivity index (χ4v) is 4.03. The molecular weight excluding hydrogens is 382 g/mol. The van der Waals surface area contributed by atoms with Crippen molar-refractivity contribution in [1.29, 1.82) is 0 Å². The highest BCUT2D eigenvalue weighted by Gasteiger charge is 2.27. The predicted octanol–water partition coefficient (Wildman–Crippen LogP) is 1.62. The standard InChI is InChI=1S/C18H17N5O4S/c24-16-11-13(19-18-22(16)9-10-28-18)12-20-5-7-21(8-6-20)17(25)14-3-1-2-4-15(14)23(26)27/h1-4,9-11H,5-8,12H2. The number of para-hydroxylation sites is 1. The highest BCUT2D eigenvalue weighted by molar-refractivity contribution is 7.15. The van der Waals surface area contributed by atoms with Gasteiger partial charge in [-0.15, -0.1) is 11.3 Å². The molecule has 0 aliphatic carbocycles. The van der Waals surface area contributed by atoms with Crippen LogP contribution in [0, 0.1) is 10.1 Å². The molecule has 0 spiro atoms. The molecule has 144 valence electrons. The lowest BCUT2D eigenvalue weighted by Gasteiger charge is -2.34. The SMILES string of the molecule is O=C(c1ccccc1[N+](=O)[O-])N1CCN(Cc2cc(=O)n3ccsc3n2)CC1. The predicted molar refractivity (Wildman–Crippen MR) is 104 cm³/mol. The molecule has 0 atom stereocenters. The first kappa shape index (κ1) is 18.3. The van der Waals surface area contributed by atoms with Gasteiger partial charge in [-0.2, -0.15) is 0 Å². The van der Waals surface area contributed by atoms with Gasteiger partial charge >= 0.3 is 0 Å². The Morgan fingerprint density at radius 2 is 1.96 bits per heavy atom. The van der Waals surface area contributed by atoms with Crippen LogP contribution < -0.4 is 5.56 Å². The van der Waals surface area contributed by atoms with Crippen molar-refractivity contribution < 1.29 is 9.72 Å². The monoisotopic (exact) mass is 399 g/mol. The third-order valence-electron chi connectivity index (χ3n) is 4.73. The van der Waals surface area contributed by atoms with Crippen molar-refractivity contribution in [3.05, 3.63) is 73.6 Å². The van der Waals surface area contributed by atoms with Crippen molar-refractivity contribution in [2.45, 2.75) is 6.54 Å². The number of nitro benzene ring substituents is 1. The van der Waals surface area contributed by atoms with Gasteiger partial charge in [0.1, 0.15) is 5.56 Å². The Labute approximate surface area is 163 Å². The van der Waals surface area contributed by atoms with Gasteiger partial charge in [0.05, 0.1) is 10.6 Å². The number of hydrogen-bond donors (Lipinski definition) is 0. The summed E-state index contributed by atoms with van der Waals surface area (Å²) in [5.74, 6) is -0.330. The molecule has 1 saturated heterocycles. The molecule has 10 heteroatoms. The fourth-order valence-electron chi connectivity index (χ4n) is 3.29. The summed E-state index contributed by atoms with van der Waals surface area (Å²) in [6, 6.07) is 7.54. The molecule has 3 heterocycles. The zero-order valence-electron chi connectivity index (χ0n) is 14.9. The minimum Gasteiger partial charge on any atom is -0.336 e. The lowest BCUT2D eigenvalue weighted by molar-refractivity contribution is -0.385. The first-order valence-corrected chi connectivity index (χ1v) is 9.62. The Kier molecular flexibility index (Phi) is 4.88. The average molecular weight is 399 g/mol. The van der Waals surface area contributed by atoms with Crippen molar-refractivity contribution in [3.63, 3.8) is 0 Å². The molecule has 1 aliphatic heterocycles. The van der Waals surface area contributed by atoms with E-state index in [0.717, 1.165) is 0 Å². The van der Waals surface area contributed by atoms with E-state index in [9.17, 15) is 19.7 Å². The number of fused-ring (bicyclic) bond motifs is 1. The van der Waals surface area contributed by atoms with E-state index in [1.807, 2.05) is 5.38 Å². The topological polar surface area (TPSA) is 101 Å². The van der Waals surface area contributed by atoms with Crippen LogP contribution in [0.2, 0.25) is 0 Å². The molecule has 28 heavy (non-hydrogen) atoms. The Morgan fingerprint density at radius 3 is 2.71 bits per heavy atom. The van der Waals surface area contributed by atoms with Crippen molar-refractivity contribution in [2.24, 2.45) is 0 Å². The molecule has 9 nitrogen and oxygen atoms in total. The average Bonchev–Trinajstić information content (AvgIpc) is 3.17. The maximum atomic E-state index is 12.7. The number of benzene rings is 1. The quantitative estimate of drug-likeness (QED) is 0.488. The second-order valence-corrected chi connectivity index (χ2v) is 7.36. The molecule has 0 N–H and O–H groups in total. The van der Waals surface area contributed by atoms with Crippen LogP contribution in [-0.2, 0) is 6.54 Å². The van der Waals surface area contributed by atoms with Crippen LogP contribution in [0.3, 0.4) is 0 Å². The molecule has 0 saturated carbocycles. The van der Waals surface area contributed by atoms with Crippen molar-refractivity contribution in [3.8, 4) is 0 Å². The molecule has 1 amide bonds.